The van der Waals surface area contributed by atoms with Gasteiger partial charge in [0, 0.05) is 19.0 Å². The molecule has 0 radical (unpaired) electrons. The predicted molar refractivity (Wildman–Crippen MR) is 68.6 cm³/mol. The molecule has 1 heterocycles. The zero-order chi connectivity index (χ0) is 13.2. The van der Waals surface area contributed by atoms with Crippen LogP contribution in [0, 0.1) is 5.82 Å². The van der Waals surface area contributed by atoms with Gasteiger partial charge in [0.15, 0.2) is 0 Å². The van der Waals surface area contributed by atoms with E-state index in [2.05, 4.69) is 0 Å². The molecule has 18 heavy (non-hydrogen) atoms. The van der Waals surface area contributed by atoms with Gasteiger partial charge in [0.1, 0.15) is 10.7 Å². The first kappa shape index (κ1) is 13.8. The van der Waals surface area contributed by atoms with E-state index in [0.29, 0.717) is 18.7 Å². The molecule has 1 aromatic carbocycles. The lowest BCUT2D eigenvalue weighted by molar-refractivity contribution is 0.345. The van der Waals surface area contributed by atoms with Crippen LogP contribution in [-0.4, -0.2) is 25.8 Å². The first-order chi connectivity index (χ1) is 8.55. The number of alkyl halides is 1. The highest BCUT2D eigenvalue weighted by atomic mass is 35.5. The summed E-state index contributed by atoms with van der Waals surface area (Å²) >= 11 is 5.59. The van der Waals surface area contributed by atoms with Crippen molar-refractivity contribution in [2.75, 3.05) is 13.1 Å². The van der Waals surface area contributed by atoms with Gasteiger partial charge < -0.3 is 0 Å². The molecule has 2 rings (SSSR count). The molecule has 0 spiro atoms. The zero-order valence-corrected chi connectivity index (χ0v) is 11.5. The van der Waals surface area contributed by atoms with Crippen LogP contribution in [0.2, 0.25) is 0 Å². The number of hydrogen-bond acceptors (Lipinski definition) is 2. The molecule has 0 saturated carbocycles. The molecule has 1 aliphatic heterocycles. The summed E-state index contributed by atoms with van der Waals surface area (Å²) in [4.78, 5) is -0.252. The van der Waals surface area contributed by atoms with Gasteiger partial charge in [-0.25, -0.2) is 12.8 Å². The fourth-order valence-corrected chi connectivity index (χ4v) is 3.81. The molecule has 1 saturated heterocycles. The maximum Gasteiger partial charge on any atom is 0.245 e. The zero-order valence-electron chi connectivity index (χ0n) is 9.90. The number of piperidine rings is 1. The van der Waals surface area contributed by atoms with Gasteiger partial charge in [-0.2, -0.15) is 4.31 Å². The Morgan fingerprint density at radius 1 is 1.22 bits per heavy atom. The van der Waals surface area contributed by atoms with Crippen LogP contribution in [0.15, 0.2) is 23.1 Å². The Hall–Kier alpha value is -0.650. The molecule has 1 aliphatic rings. The van der Waals surface area contributed by atoms with Crippen molar-refractivity contribution in [1.29, 1.82) is 0 Å². The lowest BCUT2D eigenvalue weighted by atomic mass is 10.2. The average Bonchev–Trinajstić information content (AvgIpc) is 2.39. The maximum atomic E-state index is 13.8. The van der Waals surface area contributed by atoms with Gasteiger partial charge in [0.05, 0.1) is 0 Å². The Morgan fingerprint density at radius 2 is 1.89 bits per heavy atom. The van der Waals surface area contributed by atoms with Crippen LogP contribution >= 0.6 is 11.6 Å². The van der Waals surface area contributed by atoms with Crippen LogP contribution in [0.1, 0.15) is 24.8 Å². The third kappa shape index (κ3) is 2.68. The first-order valence-electron chi connectivity index (χ1n) is 5.90. The van der Waals surface area contributed by atoms with Crippen molar-refractivity contribution in [2.45, 2.75) is 30.0 Å². The van der Waals surface area contributed by atoms with E-state index in [1.165, 1.54) is 16.4 Å². The molecule has 0 unspecified atom stereocenters. The predicted octanol–water partition coefficient (Wildman–Crippen LogP) is 2.74. The minimum atomic E-state index is -3.70. The molecule has 0 bridgehead atoms. The molecule has 1 aromatic rings. The highest BCUT2D eigenvalue weighted by Crippen LogP contribution is 2.23. The second-order valence-corrected chi connectivity index (χ2v) is 6.54. The van der Waals surface area contributed by atoms with Gasteiger partial charge >= 0.3 is 0 Å². The van der Waals surface area contributed by atoms with E-state index < -0.39 is 15.8 Å². The van der Waals surface area contributed by atoms with E-state index in [1.54, 1.807) is 6.07 Å². The summed E-state index contributed by atoms with van der Waals surface area (Å²) in [5.74, 6) is -0.556. The van der Waals surface area contributed by atoms with E-state index in [-0.39, 0.29) is 10.8 Å². The normalized spacial score (nSPS) is 17.9. The summed E-state index contributed by atoms with van der Waals surface area (Å²) in [6.45, 7) is 0.943. The van der Waals surface area contributed by atoms with E-state index in [1.807, 2.05) is 0 Å². The standard InChI is InChI=1S/C12H15ClFNO2S/c13-9-10-4-5-12(11(14)8-10)18(16,17)15-6-2-1-3-7-15/h4-5,8H,1-3,6-7,9H2. The van der Waals surface area contributed by atoms with Crippen molar-refractivity contribution in [3.8, 4) is 0 Å². The SMILES string of the molecule is O=S(=O)(c1ccc(CCl)cc1F)N1CCCCC1. The molecule has 100 valence electrons. The van der Waals surface area contributed by atoms with Crippen LogP contribution in [0.25, 0.3) is 0 Å². The number of nitrogens with zero attached hydrogens (tertiary/aromatic N) is 1. The Labute approximate surface area is 112 Å². The van der Waals surface area contributed by atoms with Crippen molar-refractivity contribution < 1.29 is 12.8 Å². The summed E-state index contributed by atoms with van der Waals surface area (Å²) in [6.07, 6.45) is 2.70. The molecule has 0 atom stereocenters. The smallest absolute Gasteiger partial charge is 0.207 e. The second-order valence-electron chi connectivity index (χ2n) is 4.36. The number of benzene rings is 1. The topological polar surface area (TPSA) is 37.4 Å². The van der Waals surface area contributed by atoms with Crippen molar-refractivity contribution in [1.82, 2.24) is 4.31 Å². The largest absolute Gasteiger partial charge is 0.245 e. The third-order valence-corrected chi connectivity index (χ3v) is 5.32. The molecule has 0 aromatic heterocycles. The Balaban J connectivity index is 2.34. The average molecular weight is 292 g/mol. The van der Waals surface area contributed by atoms with Crippen LogP contribution in [0.3, 0.4) is 0 Å². The monoisotopic (exact) mass is 291 g/mol. The fraction of sp³-hybridized carbons (Fsp3) is 0.500. The molecular formula is C12H15ClFNO2S. The van der Waals surface area contributed by atoms with Gasteiger partial charge in [-0.3, -0.25) is 0 Å². The second kappa shape index (κ2) is 5.55. The van der Waals surface area contributed by atoms with Crippen molar-refractivity contribution in [3.63, 3.8) is 0 Å². The molecule has 1 fully saturated rings. The molecular weight excluding hydrogens is 277 g/mol. The van der Waals surface area contributed by atoms with E-state index in [4.69, 9.17) is 11.6 Å². The van der Waals surface area contributed by atoms with Gasteiger partial charge in [-0.15, -0.1) is 11.6 Å². The fourth-order valence-electron chi connectivity index (χ4n) is 2.08. The molecule has 0 amide bonds. The quantitative estimate of drug-likeness (QED) is 0.803. The highest BCUT2D eigenvalue weighted by molar-refractivity contribution is 7.89. The Bertz CT molecular complexity index is 527. The van der Waals surface area contributed by atoms with Gasteiger partial charge in [-0.05, 0) is 30.5 Å². The number of sulfonamides is 1. The minimum absolute atomic E-state index is 0.168. The highest BCUT2D eigenvalue weighted by Gasteiger charge is 2.28. The Kier molecular flexibility index (Phi) is 4.25. The summed E-state index contributed by atoms with van der Waals surface area (Å²) in [5.41, 5.74) is 0.576. The van der Waals surface area contributed by atoms with Crippen molar-refractivity contribution in [3.05, 3.63) is 29.6 Å². The minimum Gasteiger partial charge on any atom is -0.207 e. The van der Waals surface area contributed by atoms with E-state index >= 15 is 0 Å². The van der Waals surface area contributed by atoms with Gasteiger partial charge in [-0.1, -0.05) is 12.5 Å². The van der Waals surface area contributed by atoms with Crippen LogP contribution in [-0.2, 0) is 15.9 Å². The van der Waals surface area contributed by atoms with Crippen LogP contribution in [0.5, 0.6) is 0 Å². The van der Waals surface area contributed by atoms with Crippen LogP contribution < -0.4 is 0 Å². The van der Waals surface area contributed by atoms with Crippen LogP contribution in [0.4, 0.5) is 4.39 Å². The molecule has 0 aliphatic carbocycles. The summed E-state index contributed by atoms with van der Waals surface area (Å²) < 4.78 is 39.7. The van der Waals surface area contributed by atoms with Gasteiger partial charge in [0.2, 0.25) is 10.0 Å². The summed E-state index contributed by atoms with van der Waals surface area (Å²) in [5, 5.41) is 0. The lowest BCUT2D eigenvalue weighted by Crippen LogP contribution is -2.36. The maximum absolute atomic E-state index is 13.8. The first-order valence-corrected chi connectivity index (χ1v) is 7.87. The number of rotatable bonds is 3. The van der Waals surface area contributed by atoms with E-state index in [0.717, 1.165) is 19.3 Å². The van der Waals surface area contributed by atoms with E-state index in [9.17, 15) is 12.8 Å². The molecule has 6 heteroatoms. The molecule has 3 nitrogen and oxygen atoms in total. The molecule has 0 N–H and O–H groups in total. The van der Waals surface area contributed by atoms with Gasteiger partial charge in [0.25, 0.3) is 0 Å². The lowest BCUT2D eigenvalue weighted by Gasteiger charge is -2.26. The number of halogens is 2. The van der Waals surface area contributed by atoms with Crippen molar-refractivity contribution in [2.24, 2.45) is 0 Å². The Morgan fingerprint density at radius 3 is 2.44 bits per heavy atom. The summed E-state index contributed by atoms with van der Waals surface area (Å²) in [7, 11) is -3.70. The third-order valence-electron chi connectivity index (χ3n) is 3.08. The van der Waals surface area contributed by atoms with Crippen molar-refractivity contribution >= 4 is 21.6 Å². The number of hydrogen-bond donors (Lipinski definition) is 0. The summed E-state index contributed by atoms with van der Waals surface area (Å²) in [6, 6.07) is 4.04.